The van der Waals surface area contributed by atoms with Gasteiger partial charge in [0.25, 0.3) is 0 Å². The van der Waals surface area contributed by atoms with E-state index in [0.717, 1.165) is 16.5 Å². The lowest BCUT2D eigenvalue weighted by atomic mass is 10.1. The third kappa shape index (κ3) is 3.21. The molecule has 0 aliphatic carbocycles. The van der Waals surface area contributed by atoms with Gasteiger partial charge in [0.1, 0.15) is 0 Å². The standard InChI is InChI=1S/C18H16ClN3O3S/c19-13-1-3-15-11(10-20-17(15)9-13)5-6-21-26(24,25)14-2-4-16-12(7-14)8-18(23)22-16/h1-4,7,9-10,20-21H,5-6,8H2,(H,22,23). The number of rotatable bonds is 5. The number of aromatic nitrogens is 1. The molecule has 3 N–H and O–H groups in total. The maximum Gasteiger partial charge on any atom is 0.240 e. The fourth-order valence-corrected chi connectivity index (χ4v) is 4.40. The third-order valence-electron chi connectivity index (χ3n) is 4.43. The van der Waals surface area contributed by atoms with Crippen LogP contribution in [0.5, 0.6) is 0 Å². The lowest BCUT2D eigenvalue weighted by molar-refractivity contribution is -0.115. The summed E-state index contributed by atoms with van der Waals surface area (Å²) in [6.07, 6.45) is 2.62. The average molecular weight is 390 g/mol. The van der Waals surface area contributed by atoms with Gasteiger partial charge in [-0.1, -0.05) is 17.7 Å². The van der Waals surface area contributed by atoms with E-state index >= 15 is 0 Å². The highest BCUT2D eigenvalue weighted by Gasteiger charge is 2.21. The minimum atomic E-state index is -3.63. The maximum atomic E-state index is 12.5. The van der Waals surface area contributed by atoms with Crippen molar-refractivity contribution >= 4 is 44.1 Å². The van der Waals surface area contributed by atoms with Crippen LogP contribution in [0.15, 0.2) is 47.5 Å². The van der Waals surface area contributed by atoms with Crippen LogP contribution < -0.4 is 10.0 Å². The van der Waals surface area contributed by atoms with Crippen molar-refractivity contribution in [2.45, 2.75) is 17.7 Å². The summed E-state index contributed by atoms with van der Waals surface area (Å²) in [6, 6.07) is 10.2. The number of aromatic amines is 1. The molecule has 4 rings (SSSR count). The normalized spacial score (nSPS) is 13.8. The topological polar surface area (TPSA) is 91.1 Å². The number of carbonyl (C=O) groups excluding carboxylic acids is 1. The van der Waals surface area contributed by atoms with E-state index in [1.807, 2.05) is 24.4 Å². The van der Waals surface area contributed by atoms with Gasteiger partial charge in [0.15, 0.2) is 0 Å². The first-order chi connectivity index (χ1) is 12.4. The summed E-state index contributed by atoms with van der Waals surface area (Å²) in [4.78, 5) is 14.7. The van der Waals surface area contributed by atoms with Crippen LogP contribution in [0.2, 0.25) is 5.02 Å². The summed E-state index contributed by atoms with van der Waals surface area (Å²) in [6.45, 7) is 0.270. The Balaban J connectivity index is 1.47. The molecule has 3 aromatic rings. The molecule has 0 spiro atoms. The summed E-state index contributed by atoms with van der Waals surface area (Å²) in [5.41, 5.74) is 3.31. The Morgan fingerprint density at radius 1 is 1.15 bits per heavy atom. The van der Waals surface area contributed by atoms with E-state index in [0.29, 0.717) is 22.7 Å². The first kappa shape index (κ1) is 17.1. The zero-order valence-corrected chi connectivity index (χ0v) is 15.2. The molecule has 1 aromatic heterocycles. The molecule has 0 saturated heterocycles. The summed E-state index contributed by atoms with van der Waals surface area (Å²) < 4.78 is 27.6. The molecule has 0 atom stereocenters. The molecule has 1 aliphatic rings. The van der Waals surface area contributed by atoms with Gasteiger partial charge < -0.3 is 10.3 Å². The Labute approximate surface area is 155 Å². The summed E-state index contributed by atoms with van der Waals surface area (Å²) in [5.74, 6) is -0.123. The smallest absolute Gasteiger partial charge is 0.240 e. The number of benzene rings is 2. The van der Waals surface area contributed by atoms with Gasteiger partial charge in [0, 0.05) is 34.4 Å². The molecular weight excluding hydrogens is 374 g/mol. The number of carbonyl (C=O) groups is 1. The summed E-state index contributed by atoms with van der Waals surface area (Å²) in [5, 5.41) is 4.36. The van der Waals surface area contributed by atoms with E-state index in [1.54, 1.807) is 12.1 Å². The molecule has 1 aliphatic heterocycles. The third-order valence-corrected chi connectivity index (χ3v) is 6.12. The Morgan fingerprint density at radius 2 is 2.00 bits per heavy atom. The molecule has 6 nitrogen and oxygen atoms in total. The van der Waals surface area contributed by atoms with Gasteiger partial charge in [-0.15, -0.1) is 0 Å². The van der Waals surface area contributed by atoms with Crippen molar-refractivity contribution in [2.24, 2.45) is 0 Å². The number of hydrogen-bond acceptors (Lipinski definition) is 3. The largest absolute Gasteiger partial charge is 0.361 e. The molecule has 0 bridgehead atoms. The predicted octanol–water partition coefficient (Wildman–Crippen LogP) is 2.84. The minimum Gasteiger partial charge on any atom is -0.361 e. The highest BCUT2D eigenvalue weighted by Crippen LogP contribution is 2.26. The monoisotopic (exact) mass is 389 g/mol. The molecule has 0 radical (unpaired) electrons. The van der Waals surface area contributed by atoms with Crippen molar-refractivity contribution in [3.05, 3.63) is 58.7 Å². The van der Waals surface area contributed by atoms with Gasteiger partial charge in [0.05, 0.1) is 11.3 Å². The van der Waals surface area contributed by atoms with Crippen LogP contribution in [0, 0.1) is 0 Å². The lowest BCUT2D eigenvalue weighted by Gasteiger charge is -2.08. The first-order valence-corrected chi connectivity index (χ1v) is 9.96. The van der Waals surface area contributed by atoms with Crippen molar-refractivity contribution in [3.63, 3.8) is 0 Å². The molecule has 2 aromatic carbocycles. The molecule has 0 saturated carbocycles. The van der Waals surface area contributed by atoms with Crippen LogP contribution in [0.4, 0.5) is 5.69 Å². The van der Waals surface area contributed by atoms with Crippen molar-refractivity contribution in [1.82, 2.24) is 9.71 Å². The number of anilines is 1. The van der Waals surface area contributed by atoms with E-state index in [1.165, 1.54) is 6.07 Å². The fraction of sp³-hybridized carbons (Fsp3) is 0.167. The molecule has 0 unspecified atom stereocenters. The number of hydrogen-bond donors (Lipinski definition) is 3. The Morgan fingerprint density at radius 3 is 2.85 bits per heavy atom. The van der Waals surface area contributed by atoms with Gasteiger partial charge >= 0.3 is 0 Å². The van der Waals surface area contributed by atoms with Crippen LogP contribution in [0.1, 0.15) is 11.1 Å². The van der Waals surface area contributed by atoms with Crippen molar-refractivity contribution < 1.29 is 13.2 Å². The van der Waals surface area contributed by atoms with Crippen molar-refractivity contribution in [1.29, 1.82) is 0 Å². The Kier molecular flexibility index (Phi) is 4.22. The zero-order chi connectivity index (χ0) is 18.3. The number of nitrogens with one attached hydrogen (secondary N) is 3. The van der Waals surface area contributed by atoms with E-state index in [2.05, 4.69) is 15.0 Å². The number of halogens is 1. The van der Waals surface area contributed by atoms with Gasteiger partial charge in [-0.25, -0.2) is 13.1 Å². The molecule has 2 heterocycles. The highest BCUT2D eigenvalue weighted by molar-refractivity contribution is 7.89. The van der Waals surface area contributed by atoms with Gasteiger partial charge in [-0.3, -0.25) is 4.79 Å². The lowest BCUT2D eigenvalue weighted by Crippen LogP contribution is -2.26. The van der Waals surface area contributed by atoms with E-state index < -0.39 is 10.0 Å². The first-order valence-electron chi connectivity index (χ1n) is 8.10. The second-order valence-electron chi connectivity index (χ2n) is 6.20. The molecule has 0 fully saturated rings. The maximum absolute atomic E-state index is 12.5. The van der Waals surface area contributed by atoms with E-state index in [4.69, 9.17) is 11.6 Å². The van der Waals surface area contributed by atoms with Crippen molar-refractivity contribution in [2.75, 3.05) is 11.9 Å². The van der Waals surface area contributed by atoms with Crippen LogP contribution >= 0.6 is 11.6 Å². The average Bonchev–Trinajstić information content (AvgIpc) is 3.16. The molecule has 8 heteroatoms. The van der Waals surface area contributed by atoms with Crippen LogP contribution in [-0.2, 0) is 27.7 Å². The molecular formula is C18H16ClN3O3S. The van der Waals surface area contributed by atoms with Gasteiger partial charge in [-0.05, 0) is 47.9 Å². The second-order valence-corrected chi connectivity index (χ2v) is 8.40. The number of sulfonamides is 1. The number of amides is 1. The minimum absolute atomic E-state index is 0.123. The number of H-pyrrole nitrogens is 1. The van der Waals surface area contributed by atoms with Gasteiger partial charge in [0.2, 0.25) is 15.9 Å². The van der Waals surface area contributed by atoms with E-state index in [-0.39, 0.29) is 23.8 Å². The molecule has 1 amide bonds. The van der Waals surface area contributed by atoms with Crippen LogP contribution in [0.25, 0.3) is 10.9 Å². The van der Waals surface area contributed by atoms with Crippen molar-refractivity contribution in [3.8, 4) is 0 Å². The SMILES string of the molecule is O=C1Cc2cc(S(=O)(=O)NCCc3c[nH]c4cc(Cl)ccc34)ccc2N1. The number of fused-ring (bicyclic) bond motifs is 2. The van der Waals surface area contributed by atoms with Crippen LogP contribution in [-0.4, -0.2) is 25.9 Å². The summed E-state index contributed by atoms with van der Waals surface area (Å²) in [7, 11) is -3.63. The Hall–Kier alpha value is -2.35. The molecule has 134 valence electrons. The van der Waals surface area contributed by atoms with E-state index in [9.17, 15) is 13.2 Å². The molecule has 26 heavy (non-hydrogen) atoms. The second kappa shape index (κ2) is 6.42. The predicted molar refractivity (Wildman–Crippen MR) is 101 cm³/mol. The summed E-state index contributed by atoms with van der Waals surface area (Å²) >= 11 is 5.97. The van der Waals surface area contributed by atoms with Crippen LogP contribution in [0.3, 0.4) is 0 Å². The Bertz CT molecular complexity index is 1120. The highest BCUT2D eigenvalue weighted by atomic mass is 35.5. The fourth-order valence-electron chi connectivity index (χ4n) is 3.14. The quantitative estimate of drug-likeness (QED) is 0.626. The van der Waals surface area contributed by atoms with Gasteiger partial charge in [-0.2, -0.15) is 0 Å². The zero-order valence-electron chi connectivity index (χ0n) is 13.7.